The third kappa shape index (κ3) is 4.58. The van der Waals surface area contributed by atoms with Crippen molar-refractivity contribution in [3.05, 3.63) is 0 Å². The van der Waals surface area contributed by atoms with E-state index < -0.39 is 0 Å². The minimum atomic E-state index is -0.294. The van der Waals surface area contributed by atoms with E-state index >= 15 is 0 Å². The molecule has 0 saturated heterocycles. The van der Waals surface area contributed by atoms with Crippen LogP contribution in [0.1, 0.15) is 46.5 Å². The van der Waals surface area contributed by atoms with Crippen LogP contribution in [0.4, 0.5) is 0 Å². The predicted octanol–water partition coefficient (Wildman–Crippen LogP) is 1.68. The van der Waals surface area contributed by atoms with Crippen molar-refractivity contribution < 1.29 is 9.53 Å². The molecule has 2 atom stereocenters. The Balaban J connectivity index is 2.44. The van der Waals surface area contributed by atoms with E-state index in [-0.39, 0.29) is 17.4 Å². The Bertz CT molecular complexity index is 267. The zero-order chi connectivity index (χ0) is 13.6. The molecule has 1 fully saturated rings. The first-order valence-corrected chi connectivity index (χ1v) is 7.12. The van der Waals surface area contributed by atoms with Crippen molar-refractivity contribution in [2.24, 2.45) is 17.6 Å². The van der Waals surface area contributed by atoms with Crippen LogP contribution in [0, 0.1) is 11.8 Å². The first-order chi connectivity index (χ1) is 8.50. The molecule has 1 amide bonds. The lowest BCUT2D eigenvalue weighted by molar-refractivity contribution is -0.129. The highest BCUT2D eigenvalue weighted by Crippen LogP contribution is 2.29. The number of hydrogen-bond donors (Lipinski definition) is 2. The highest BCUT2D eigenvalue weighted by atomic mass is 16.5. The molecule has 0 heterocycles. The molecule has 1 saturated carbocycles. The Morgan fingerprint density at radius 3 is 2.67 bits per heavy atom. The molecule has 1 aliphatic rings. The van der Waals surface area contributed by atoms with Gasteiger partial charge in [0.05, 0.1) is 5.60 Å². The van der Waals surface area contributed by atoms with Gasteiger partial charge in [-0.3, -0.25) is 4.79 Å². The molecule has 0 aromatic rings. The molecule has 0 aliphatic heterocycles. The average Bonchev–Trinajstić information content (AvgIpc) is 2.36. The monoisotopic (exact) mass is 256 g/mol. The number of ether oxygens (including phenoxy) is 1. The van der Waals surface area contributed by atoms with E-state index in [0.29, 0.717) is 25.6 Å². The lowest BCUT2D eigenvalue weighted by Crippen LogP contribution is -2.45. The third-order valence-electron chi connectivity index (χ3n) is 3.77. The van der Waals surface area contributed by atoms with Crippen LogP contribution >= 0.6 is 0 Å². The standard InChI is InChI=1S/C14H28N2O2/c1-4-18-14(2,3)10-16-13(17)12-8-6-5-7-11(12)9-15/h11-12H,4-10,15H2,1-3H3,(H,16,17). The summed E-state index contributed by atoms with van der Waals surface area (Å²) in [6.45, 7) is 7.81. The van der Waals surface area contributed by atoms with Crippen molar-refractivity contribution in [3.8, 4) is 0 Å². The molecule has 0 bridgehead atoms. The first-order valence-electron chi connectivity index (χ1n) is 7.12. The average molecular weight is 256 g/mol. The summed E-state index contributed by atoms with van der Waals surface area (Å²) >= 11 is 0. The maximum atomic E-state index is 12.2. The highest BCUT2D eigenvalue weighted by Gasteiger charge is 2.30. The summed E-state index contributed by atoms with van der Waals surface area (Å²) in [7, 11) is 0. The maximum Gasteiger partial charge on any atom is 0.223 e. The molecule has 0 radical (unpaired) electrons. The van der Waals surface area contributed by atoms with Crippen LogP contribution in [0.5, 0.6) is 0 Å². The highest BCUT2D eigenvalue weighted by molar-refractivity contribution is 5.79. The largest absolute Gasteiger partial charge is 0.374 e. The van der Waals surface area contributed by atoms with Gasteiger partial charge in [0.25, 0.3) is 0 Å². The van der Waals surface area contributed by atoms with E-state index in [1.165, 1.54) is 6.42 Å². The van der Waals surface area contributed by atoms with Crippen molar-refractivity contribution in [1.82, 2.24) is 5.32 Å². The Hall–Kier alpha value is -0.610. The fourth-order valence-electron chi connectivity index (χ4n) is 2.71. The molecule has 0 aromatic heterocycles. The Kier molecular flexibility index (Phi) is 6.09. The lowest BCUT2D eigenvalue weighted by Gasteiger charge is -2.31. The molecular formula is C14H28N2O2. The van der Waals surface area contributed by atoms with Gasteiger partial charge < -0.3 is 15.8 Å². The number of amides is 1. The molecule has 1 aliphatic carbocycles. The van der Waals surface area contributed by atoms with Crippen LogP contribution in [0.3, 0.4) is 0 Å². The molecule has 4 nitrogen and oxygen atoms in total. The second-order valence-corrected chi connectivity index (χ2v) is 5.80. The van der Waals surface area contributed by atoms with Gasteiger partial charge in [0.15, 0.2) is 0 Å². The number of carbonyl (C=O) groups excluding carboxylic acids is 1. The van der Waals surface area contributed by atoms with Crippen molar-refractivity contribution in [2.75, 3.05) is 19.7 Å². The molecule has 18 heavy (non-hydrogen) atoms. The van der Waals surface area contributed by atoms with E-state index in [0.717, 1.165) is 19.3 Å². The van der Waals surface area contributed by atoms with Crippen LogP contribution in [0.25, 0.3) is 0 Å². The van der Waals surface area contributed by atoms with Gasteiger partial charge in [-0.1, -0.05) is 12.8 Å². The summed E-state index contributed by atoms with van der Waals surface area (Å²) in [5.41, 5.74) is 5.46. The number of carbonyl (C=O) groups is 1. The quantitative estimate of drug-likeness (QED) is 0.760. The molecule has 2 unspecified atom stereocenters. The summed E-state index contributed by atoms with van der Waals surface area (Å²) in [4.78, 5) is 12.2. The molecule has 4 heteroatoms. The van der Waals surface area contributed by atoms with Crippen LogP contribution in [-0.2, 0) is 9.53 Å². The Morgan fingerprint density at radius 1 is 1.39 bits per heavy atom. The Morgan fingerprint density at radius 2 is 2.06 bits per heavy atom. The van der Waals surface area contributed by atoms with Crippen molar-refractivity contribution in [3.63, 3.8) is 0 Å². The second-order valence-electron chi connectivity index (χ2n) is 5.80. The zero-order valence-electron chi connectivity index (χ0n) is 12.0. The fraction of sp³-hybridized carbons (Fsp3) is 0.929. The van der Waals surface area contributed by atoms with Crippen LogP contribution in [0.2, 0.25) is 0 Å². The van der Waals surface area contributed by atoms with E-state index in [1.54, 1.807) is 0 Å². The van der Waals surface area contributed by atoms with Gasteiger partial charge in [0.2, 0.25) is 5.91 Å². The predicted molar refractivity (Wildman–Crippen MR) is 73.2 cm³/mol. The number of nitrogens with one attached hydrogen (secondary N) is 1. The summed E-state index contributed by atoms with van der Waals surface area (Å²) < 4.78 is 5.58. The van der Waals surface area contributed by atoms with Crippen molar-refractivity contribution in [2.45, 2.75) is 52.1 Å². The molecule has 3 N–H and O–H groups in total. The zero-order valence-corrected chi connectivity index (χ0v) is 12.0. The summed E-state index contributed by atoms with van der Waals surface area (Å²) in [6, 6.07) is 0. The number of nitrogens with two attached hydrogens (primary N) is 1. The molecule has 0 spiro atoms. The van der Waals surface area contributed by atoms with E-state index in [9.17, 15) is 4.79 Å². The van der Waals surface area contributed by atoms with Gasteiger partial charge in [-0.25, -0.2) is 0 Å². The van der Waals surface area contributed by atoms with Gasteiger partial charge in [0.1, 0.15) is 0 Å². The van der Waals surface area contributed by atoms with Gasteiger partial charge in [-0.15, -0.1) is 0 Å². The summed E-state index contributed by atoms with van der Waals surface area (Å²) in [6.07, 6.45) is 4.41. The van der Waals surface area contributed by atoms with Gasteiger partial charge >= 0.3 is 0 Å². The van der Waals surface area contributed by atoms with Gasteiger partial charge in [-0.05, 0) is 46.1 Å². The van der Waals surface area contributed by atoms with E-state index in [2.05, 4.69) is 5.32 Å². The smallest absolute Gasteiger partial charge is 0.223 e. The Labute approximate surface area is 111 Å². The third-order valence-corrected chi connectivity index (χ3v) is 3.77. The topological polar surface area (TPSA) is 64.3 Å². The normalized spacial score (nSPS) is 24.9. The molecular weight excluding hydrogens is 228 g/mol. The second kappa shape index (κ2) is 7.10. The van der Waals surface area contributed by atoms with Gasteiger partial charge in [-0.2, -0.15) is 0 Å². The summed E-state index contributed by atoms with van der Waals surface area (Å²) in [5, 5.41) is 3.02. The fourth-order valence-corrected chi connectivity index (χ4v) is 2.71. The van der Waals surface area contributed by atoms with E-state index in [1.807, 2.05) is 20.8 Å². The molecule has 0 aromatic carbocycles. The molecule has 106 valence electrons. The number of rotatable bonds is 6. The molecule has 1 rings (SSSR count). The minimum absolute atomic E-state index is 0.0983. The first kappa shape index (κ1) is 15.4. The minimum Gasteiger partial charge on any atom is -0.374 e. The number of hydrogen-bond acceptors (Lipinski definition) is 3. The SMILES string of the molecule is CCOC(C)(C)CNC(=O)C1CCCCC1CN. The maximum absolute atomic E-state index is 12.2. The van der Waals surface area contributed by atoms with E-state index in [4.69, 9.17) is 10.5 Å². The van der Waals surface area contributed by atoms with Crippen molar-refractivity contribution in [1.29, 1.82) is 0 Å². The van der Waals surface area contributed by atoms with Gasteiger partial charge in [0, 0.05) is 19.1 Å². The van der Waals surface area contributed by atoms with Crippen LogP contribution in [0.15, 0.2) is 0 Å². The van der Waals surface area contributed by atoms with Crippen molar-refractivity contribution >= 4 is 5.91 Å². The summed E-state index contributed by atoms with van der Waals surface area (Å²) in [5.74, 6) is 0.605. The van der Waals surface area contributed by atoms with Crippen LogP contribution in [-0.4, -0.2) is 31.2 Å². The lowest BCUT2D eigenvalue weighted by atomic mass is 9.78. The van der Waals surface area contributed by atoms with Crippen LogP contribution < -0.4 is 11.1 Å².